The minimum Gasteiger partial charge on any atom is -0.444 e. The first-order valence-corrected chi connectivity index (χ1v) is 13.7. The number of anilines is 1. The molecule has 11 heteroatoms. The monoisotopic (exact) mass is 539 g/mol. The topological polar surface area (TPSA) is 128 Å². The van der Waals surface area contributed by atoms with Gasteiger partial charge in [-0.1, -0.05) is 0 Å². The Bertz CT molecular complexity index is 1190. The fourth-order valence-corrected chi connectivity index (χ4v) is 5.90. The van der Waals surface area contributed by atoms with Crippen molar-refractivity contribution in [2.75, 3.05) is 44.6 Å². The Morgan fingerprint density at radius 1 is 1.08 bits per heavy atom. The van der Waals surface area contributed by atoms with Gasteiger partial charge < -0.3 is 19.9 Å². The maximum Gasteiger partial charge on any atom is 0.410 e. The van der Waals surface area contributed by atoms with Gasteiger partial charge in [-0.05, 0) is 84.3 Å². The number of carbonyl (C=O) groups is 5. The van der Waals surface area contributed by atoms with Crippen LogP contribution in [0.1, 0.15) is 73.6 Å². The molecule has 1 atom stereocenters. The highest BCUT2D eigenvalue weighted by atomic mass is 16.6. The molecule has 39 heavy (non-hydrogen) atoms. The molecule has 0 aromatic heterocycles. The summed E-state index contributed by atoms with van der Waals surface area (Å²) in [6, 6.07) is 4.09. The molecule has 1 spiro atoms. The normalized spacial score (nSPS) is 23.0. The molecular formula is C28H37N5O6. The van der Waals surface area contributed by atoms with E-state index in [-0.39, 0.29) is 35.5 Å². The lowest BCUT2D eigenvalue weighted by Gasteiger charge is -2.53. The number of fused-ring (bicyclic) bond motifs is 1. The van der Waals surface area contributed by atoms with E-state index in [2.05, 4.69) is 15.5 Å². The third-order valence-corrected chi connectivity index (χ3v) is 8.04. The van der Waals surface area contributed by atoms with E-state index >= 15 is 0 Å². The van der Waals surface area contributed by atoms with Crippen LogP contribution in [0, 0.1) is 5.41 Å². The second kappa shape index (κ2) is 10.3. The van der Waals surface area contributed by atoms with Crippen LogP contribution >= 0.6 is 0 Å². The fraction of sp³-hybridized carbons (Fsp3) is 0.607. The molecule has 4 heterocycles. The number of hydrogen-bond acceptors (Lipinski definition) is 8. The SMILES string of the molecule is CC(C)(C)OC(=O)N1CC2(CCN(CCCNc3ccc4c(c3)C(=O)N(C3CCC(=O)NC3=O)C4=O)CC2)C1. The Morgan fingerprint density at radius 3 is 2.44 bits per heavy atom. The molecule has 1 aromatic rings. The van der Waals surface area contributed by atoms with Crippen molar-refractivity contribution in [2.45, 2.75) is 64.5 Å². The number of piperidine rings is 2. The van der Waals surface area contributed by atoms with Gasteiger partial charge in [0.15, 0.2) is 0 Å². The van der Waals surface area contributed by atoms with Gasteiger partial charge in [0.1, 0.15) is 11.6 Å². The van der Waals surface area contributed by atoms with Gasteiger partial charge in [0.2, 0.25) is 11.8 Å². The third-order valence-electron chi connectivity index (χ3n) is 8.04. The third kappa shape index (κ3) is 5.63. The molecule has 0 bridgehead atoms. The van der Waals surface area contributed by atoms with Gasteiger partial charge in [0.25, 0.3) is 11.8 Å². The van der Waals surface area contributed by atoms with E-state index in [9.17, 15) is 24.0 Å². The average Bonchev–Trinajstić information content (AvgIpc) is 3.09. The van der Waals surface area contributed by atoms with E-state index in [1.54, 1.807) is 18.2 Å². The van der Waals surface area contributed by atoms with Crippen molar-refractivity contribution in [3.63, 3.8) is 0 Å². The van der Waals surface area contributed by atoms with Gasteiger partial charge in [-0.25, -0.2) is 4.79 Å². The molecule has 11 nitrogen and oxygen atoms in total. The Kier molecular flexibility index (Phi) is 7.13. The molecule has 5 rings (SSSR count). The fourth-order valence-electron chi connectivity index (χ4n) is 5.90. The van der Waals surface area contributed by atoms with Crippen molar-refractivity contribution < 1.29 is 28.7 Å². The Morgan fingerprint density at radius 2 is 1.77 bits per heavy atom. The zero-order valence-electron chi connectivity index (χ0n) is 22.9. The first kappa shape index (κ1) is 27.1. The van der Waals surface area contributed by atoms with Crippen molar-refractivity contribution in [1.29, 1.82) is 0 Å². The Hall–Kier alpha value is -3.47. The number of rotatable bonds is 6. The highest BCUT2D eigenvalue weighted by Crippen LogP contribution is 2.41. The van der Waals surface area contributed by atoms with E-state index in [0.29, 0.717) is 6.54 Å². The smallest absolute Gasteiger partial charge is 0.410 e. The highest BCUT2D eigenvalue weighted by Gasteiger charge is 2.48. The number of nitrogens with one attached hydrogen (secondary N) is 2. The van der Waals surface area contributed by atoms with Crippen molar-refractivity contribution in [3.8, 4) is 0 Å². The van der Waals surface area contributed by atoms with Crippen LogP contribution in [0.2, 0.25) is 0 Å². The second-order valence-electron chi connectivity index (χ2n) is 12.2. The minimum absolute atomic E-state index is 0.0964. The van der Waals surface area contributed by atoms with E-state index in [0.717, 1.165) is 62.6 Å². The van der Waals surface area contributed by atoms with Crippen LogP contribution in [-0.2, 0) is 14.3 Å². The summed E-state index contributed by atoms with van der Waals surface area (Å²) in [4.78, 5) is 67.0. The van der Waals surface area contributed by atoms with Crippen molar-refractivity contribution >= 4 is 35.4 Å². The lowest BCUT2D eigenvalue weighted by atomic mass is 9.72. The lowest BCUT2D eigenvalue weighted by Crippen LogP contribution is -2.62. The number of carbonyl (C=O) groups excluding carboxylic acids is 5. The zero-order chi connectivity index (χ0) is 27.9. The predicted molar refractivity (Wildman–Crippen MR) is 142 cm³/mol. The molecule has 5 amide bonds. The Labute approximate surface area is 228 Å². The van der Waals surface area contributed by atoms with Crippen LogP contribution in [0.25, 0.3) is 0 Å². The summed E-state index contributed by atoms with van der Waals surface area (Å²) in [5.41, 5.74) is 1.05. The number of amides is 5. The van der Waals surface area contributed by atoms with Crippen molar-refractivity contribution in [1.82, 2.24) is 20.0 Å². The largest absolute Gasteiger partial charge is 0.444 e. The van der Waals surface area contributed by atoms with Gasteiger partial charge in [-0.15, -0.1) is 0 Å². The summed E-state index contributed by atoms with van der Waals surface area (Å²) in [7, 11) is 0. The van der Waals surface area contributed by atoms with Crippen LogP contribution in [-0.4, -0.2) is 95.3 Å². The average molecular weight is 540 g/mol. The van der Waals surface area contributed by atoms with Crippen LogP contribution in [0.4, 0.5) is 10.5 Å². The van der Waals surface area contributed by atoms with E-state index < -0.39 is 35.3 Å². The maximum absolute atomic E-state index is 13.0. The van der Waals surface area contributed by atoms with Gasteiger partial charge in [-0.2, -0.15) is 0 Å². The first-order valence-electron chi connectivity index (χ1n) is 13.7. The molecule has 4 aliphatic rings. The van der Waals surface area contributed by atoms with Gasteiger partial charge in [-0.3, -0.25) is 29.4 Å². The van der Waals surface area contributed by atoms with Crippen LogP contribution in [0.15, 0.2) is 18.2 Å². The summed E-state index contributed by atoms with van der Waals surface area (Å²) < 4.78 is 5.48. The number of imide groups is 2. The molecule has 0 saturated carbocycles. The summed E-state index contributed by atoms with van der Waals surface area (Å²) in [5.74, 6) is -2.01. The summed E-state index contributed by atoms with van der Waals surface area (Å²) in [5, 5.41) is 5.55. The molecule has 0 radical (unpaired) electrons. The second-order valence-corrected chi connectivity index (χ2v) is 12.2. The van der Waals surface area contributed by atoms with Crippen LogP contribution in [0.5, 0.6) is 0 Å². The van der Waals surface area contributed by atoms with Crippen molar-refractivity contribution in [2.24, 2.45) is 5.41 Å². The highest BCUT2D eigenvalue weighted by molar-refractivity contribution is 6.23. The molecule has 1 unspecified atom stereocenters. The molecule has 1 aromatic carbocycles. The van der Waals surface area contributed by atoms with Gasteiger partial charge in [0.05, 0.1) is 11.1 Å². The predicted octanol–water partition coefficient (Wildman–Crippen LogP) is 2.22. The van der Waals surface area contributed by atoms with Gasteiger partial charge >= 0.3 is 6.09 Å². The number of ether oxygens (including phenoxy) is 1. The molecular weight excluding hydrogens is 502 g/mol. The Balaban J connectivity index is 1.05. The first-order chi connectivity index (χ1) is 18.4. The number of hydrogen-bond donors (Lipinski definition) is 2. The molecule has 3 saturated heterocycles. The van der Waals surface area contributed by atoms with E-state index in [1.165, 1.54) is 0 Å². The molecule has 2 N–H and O–H groups in total. The molecule has 3 fully saturated rings. The standard InChI is InChI=1S/C28H37N5O6/c1-27(2,3)39-26(38)32-16-28(17-32)9-13-31(14-10-28)12-4-11-29-18-5-6-19-20(15-18)25(37)33(24(19)36)21-7-8-22(34)30-23(21)35/h5-6,15,21,29H,4,7-14,16-17H2,1-3H3,(H,30,34,35). The molecule has 4 aliphatic heterocycles. The van der Waals surface area contributed by atoms with E-state index in [4.69, 9.17) is 4.74 Å². The van der Waals surface area contributed by atoms with Crippen LogP contribution in [0.3, 0.4) is 0 Å². The van der Waals surface area contributed by atoms with Gasteiger partial charge in [0, 0.05) is 37.2 Å². The van der Waals surface area contributed by atoms with Crippen LogP contribution < -0.4 is 10.6 Å². The van der Waals surface area contributed by atoms with Crippen molar-refractivity contribution in [3.05, 3.63) is 29.3 Å². The molecule has 0 aliphatic carbocycles. The maximum atomic E-state index is 13.0. The van der Waals surface area contributed by atoms with E-state index in [1.807, 2.05) is 25.7 Å². The lowest BCUT2D eigenvalue weighted by molar-refractivity contribution is -0.136. The quantitative estimate of drug-likeness (QED) is 0.416. The summed E-state index contributed by atoms with van der Waals surface area (Å²) >= 11 is 0. The summed E-state index contributed by atoms with van der Waals surface area (Å²) in [6.45, 7) is 10.9. The number of nitrogens with zero attached hydrogens (tertiary/aromatic N) is 3. The number of benzene rings is 1. The summed E-state index contributed by atoms with van der Waals surface area (Å²) in [6.07, 6.45) is 3.08. The zero-order valence-corrected chi connectivity index (χ0v) is 22.9. The molecule has 210 valence electrons. The minimum atomic E-state index is -0.962. The number of likely N-dealkylation sites (tertiary alicyclic amines) is 2.